The van der Waals surface area contributed by atoms with Crippen LogP contribution >= 0.6 is 11.8 Å². The average molecular weight is 460 g/mol. The number of nitrogens with two attached hydrogens (primary N) is 1. The number of hydrogen-bond acceptors (Lipinski definition) is 6. The predicted octanol–water partition coefficient (Wildman–Crippen LogP) is 3.43. The molecule has 0 fully saturated rings. The topological polar surface area (TPSA) is 84.7 Å². The van der Waals surface area contributed by atoms with Gasteiger partial charge in [0, 0.05) is 19.1 Å². The third-order valence-corrected chi connectivity index (χ3v) is 6.56. The van der Waals surface area contributed by atoms with E-state index in [1.165, 1.54) is 17.9 Å². The fourth-order valence-corrected chi connectivity index (χ4v) is 4.18. The van der Waals surface area contributed by atoms with Gasteiger partial charge in [-0.2, -0.15) is 11.8 Å². The molecule has 0 heterocycles. The molecule has 32 heavy (non-hydrogen) atoms. The molecule has 2 rings (SSSR count). The Morgan fingerprint density at radius 2 is 1.91 bits per heavy atom. The van der Waals surface area contributed by atoms with Crippen LogP contribution in [0.3, 0.4) is 0 Å². The molecule has 0 saturated heterocycles. The number of nitrogens with zero attached hydrogens (tertiary/aromatic N) is 1. The van der Waals surface area contributed by atoms with E-state index in [9.17, 15) is 9.59 Å². The summed E-state index contributed by atoms with van der Waals surface area (Å²) in [5, 5.41) is 5.20. The van der Waals surface area contributed by atoms with E-state index in [4.69, 9.17) is 10.5 Å². The molecule has 3 atom stereocenters. The lowest BCUT2D eigenvalue weighted by molar-refractivity contribution is -0.145. The Bertz CT molecular complexity index is 871. The average Bonchev–Trinajstić information content (AvgIpc) is 2.80. The number of thioether (sulfide) groups is 1. The second kappa shape index (κ2) is 13.5. The molecule has 1 amide bonds. The Morgan fingerprint density at radius 1 is 1.19 bits per heavy atom. The lowest BCUT2D eigenvalue weighted by Crippen LogP contribution is -2.49. The highest BCUT2D eigenvalue weighted by atomic mass is 32.2. The van der Waals surface area contributed by atoms with E-state index < -0.39 is 12.0 Å². The van der Waals surface area contributed by atoms with Gasteiger partial charge in [0.05, 0.1) is 13.7 Å². The summed E-state index contributed by atoms with van der Waals surface area (Å²) in [5.41, 5.74) is 7.61. The summed E-state index contributed by atoms with van der Waals surface area (Å²) in [6, 6.07) is 13.8. The molecule has 0 aliphatic heterocycles. The summed E-state index contributed by atoms with van der Waals surface area (Å²) in [5.74, 6) is 0.499. The fraction of sp³-hybridized carbons (Fsp3) is 0.520. The Kier molecular flexibility index (Phi) is 11.0. The normalized spacial score (nSPS) is 14.2. The highest BCUT2D eigenvalue weighted by molar-refractivity contribution is 7.98. The van der Waals surface area contributed by atoms with Crippen molar-refractivity contribution in [3.8, 4) is 0 Å². The largest absolute Gasteiger partial charge is 0.467 e. The van der Waals surface area contributed by atoms with E-state index in [0.29, 0.717) is 25.4 Å². The first-order chi connectivity index (χ1) is 15.4. The van der Waals surface area contributed by atoms with Crippen molar-refractivity contribution in [2.24, 2.45) is 11.7 Å². The van der Waals surface area contributed by atoms with Crippen LogP contribution in [0.4, 0.5) is 0 Å². The first-order valence-corrected chi connectivity index (χ1v) is 12.6. The van der Waals surface area contributed by atoms with Crippen molar-refractivity contribution < 1.29 is 14.3 Å². The van der Waals surface area contributed by atoms with Gasteiger partial charge in [-0.1, -0.05) is 62.7 Å². The van der Waals surface area contributed by atoms with Gasteiger partial charge >= 0.3 is 5.97 Å². The maximum atomic E-state index is 12.9. The second-order valence-corrected chi connectivity index (χ2v) is 9.27. The molecular formula is C25H37N3O3S. The minimum Gasteiger partial charge on any atom is -0.467 e. The van der Waals surface area contributed by atoms with Gasteiger partial charge in [0.25, 0.3) is 0 Å². The maximum Gasteiger partial charge on any atom is 0.328 e. The molecule has 7 heteroatoms. The van der Waals surface area contributed by atoms with E-state index in [1.54, 1.807) is 11.8 Å². The molecule has 2 aromatic carbocycles. The van der Waals surface area contributed by atoms with Crippen LogP contribution in [-0.2, 0) is 20.9 Å². The highest BCUT2D eigenvalue weighted by Crippen LogP contribution is 2.20. The summed E-state index contributed by atoms with van der Waals surface area (Å²) in [6.45, 7) is 5.63. The SMILES string of the molecule is CC[C@H](C)[C@H](N)CN(CC(=O)N[C@@H](CCSC)C(=O)OC)Cc1cccc2ccccc12. The maximum absolute atomic E-state index is 12.9. The molecule has 0 saturated carbocycles. The van der Waals surface area contributed by atoms with Gasteiger partial charge in [0.15, 0.2) is 0 Å². The zero-order chi connectivity index (χ0) is 23.5. The summed E-state index contributed by atoms with van der Waals surface area (Å²) in [4.78, 5) is 27.1. The van der Waals surface area contributed by atoms with Crippen LogP contribution in [0.5, 0.6) is 0 Å². The molecule has 0 spiro atoms. The smallest absolute Gasteiger partial charge is 0.328 e. The van der Waals surface area contributed by atoms with Gasteiger partial charge < -0.3 is 15.8 Å². The summed E-state index contributed by atoms with van der Waals surface area (Å²) < 4.78 is 4.87. The van der Waals surface area contributed by atoms with Gasteiger partial charge in [0.1, 0.15) is 6.04 Å². The Hall–Kier alpha value is -2.09. The van der Waals surface area contributed by atoms with E-state index >= 15 is 0 Å². The number of fused-ring (bicyclic) bond motifs is 1. The van der Waals surface area contributed by atoms with Crippen LogP contribution in [0.15, 0.2) is 42.5 Å². The number of esters is 1. The molecule has 176 valence electrons. The minimum atomic E-state index is -0.636. The van der Waals surface area contributed by atoms with Crippen LogP contribution in [0, 0.1) is 5.92 Å². The third kappa shape index (κ3) is 7.80. The summed E-state index contributed by atoms with van der Waals surface area (Å²) >= 11 is 1.63. The van der Waals surface area contributed by atoms with Crippen molar-refractivity contribution in [2.45, 2.75) is 45.3 Å². The molecule has 0 radical (unpaired) electrons. The van der Waals surface area contributed by atoms with E-state index in [2.05, 4.69) is 48.3 Å². The Morgan fingerprint density at radius 3 is 2.59 bits per heavy atom. The number of rotatable bonds is 13. The van der Waals surface area contributed by atoms with Crippen molar-refractivity contribution in [1.82, 2.24) is 10.2 Å². The van der Waals surface area contributed by atoms with Gasteiger partial charge in [-0.3, -0.25) is 9.69 Å². The van der Waals surface area contributed by atoms with Crippen LogP contribution < -0.4 is 11.1 Å². The molecular weight excluding hydrogens is 422 g/mol. The number of hydrogen-bond donors (Lipinski definition) is 2. The van der Waals surface area contributed by atoms with E-state index in [1.807, 2.05) is 24.5 Å². The molecule has 0 aliphatic carbocycles. The molecule has 0 aliphatic rings. The monoisotopic (exact) mass is 459 g/mol. The predicted molar refractivity (Wildman–Crippen MR) is 134 cm³/mol. The molecule has 0 unspecified atom stereocenters. The van der Waals surface area contributed by atoms with Gasteiger partial charge in [-0.25, -0.2) is 4.79 Å². The Labute approximate surface area is 196 Å². The standard InChI is InChI=1S/C25H37N3O3S/c1-5-18(2)22(26)16-28(15-20-11-8-10-19-9-6-7-12-21(19)20)17-24(29)27-23(13-14-32-4)25(30)31-3/h6-12,18,22-23H,5,13-17,26H2,1-4H3,(H,27,29)/t18-,22+,23-/m0/s1. The van der Waals surface area contributed by atoms with Crippen LogP contribution in [0.2, 0.25) is 0 Å². The number of carbonyl (C=O) groups is 2. The molecule has 3 N–H and O–H groups in total. The minimum absolute atomic E-state index is 0.0457. The van der Waals surface area contributed by atoms with Crippen molar-refractivity contribution in [3.05, 3.63) is 48.0 Å². The van der Waals surface area contributed by atoms with Crippen LogP contribution in [-0.4, -0.2) is 61.1 Å². The second-order valence-electron chi connectivity index (χ2n) is 8.28. The lowest BCUT2D eigenvalue weighted by Gasteiger charge is -2.29. The summed E-state index contributed by atoms with van der Waals surface area (Å²) in [7, 11) is 1.35. The van der Waals surface area contributed by atoms with E-state index in [-0.39, 0.29) is 18.5 Å². The summed E-state index contributed by atoms with van der Waals surface area (Å²) in [6.07, 6.45) is 3.49. The number of nitrogens with one attached hydrogen (secondary N) is 1. The van der Waals surface area contributed by atoms with Crippen molar-refractivity contribution >= 4 is 34.4 Å². The number of methoxy groups -OCH3 is 1. The first kappa shape index (κ1) is 26.2. The zero-order valence-electron chi connectivity index (χ0n) is 19.7. The molecule has 0 bridgehead atoms. The van der Waals surface area contributed by atoms with Gasteiger partial charge in [0.2, 0.25) is 5.91 Å². The zero-order valence-corrected chi connectivity index (χ0v) is 20.5. The van der Waals surface area contributed by atoms with Gasteiger partial charge in [-0.15, -0.1) is 0 Å². The first-order valence-electron chi connectivity index (χ1n) is 11.2. The molecule has 0 aromatic heterocycles. The number of ether oxygens (including phenoxy) is 1. The highest BCUT2D eigenvalue weighted by Gasteiger charge is 2.24. The lowest BCUT2D eigenvalue weighted by atomic mass is 9.99. The number of carbonyl (C=O) groups excluding carboxylic acids is 2. The molecule has 2 aromatic rings. The third-order valence-electron chi connectivity index (χ3n) is 5.92. The molecule has 6 nitrogen and oxygen atoms in total. The van der Waals surface area contributed by atoms with E-state index in [0.717, 1.165) is 17.7 Å². The van der Waals surface area contributed by atoms with Crippen molar-refractivity contribution in [3.63, 3.8) is 0 Å². The van der Waals surface area contributed by atoms with Crippen LogP contribution in [0.1, 0.15) is 32.3 Å². The van der Waals surface area contributed by atoms with Crippen molar-refractivity contribution in [2.75, 3.05) is 32.2 Å². The Balaban J connectivity index is 2.18. The number of benzene rings is 2. The van der Waals surface area contributed by atoms with Crippen LogP contribution in [0.25, 0.3) is 10.8 Å². The number of amides is 1. The van der Waals surface area contributed by atoms with Crippen molar-refractivity contribution in [1.29, 1.82) is 0 Å². The van der Waals surface area contributed by atoms with Gasteiger partial charge in [-0.05, 0) is 40.7 Å². The fourth-order valence-electron chi connectivity index (χ4n) is 3.71. The quantitative estimate of drug-likeness (QED) is 0.447.